The number of phenolic OH excluding ortho intramolecular Hbond substituents is 1. The number of likely N-dealkylation sites (N-methyl/N-ethyl adjacent to an activating group) is 3. The first kappa shape index (κ1) is 104. The molecule has 2 aromatic heterocycles. The number of rotatable bonds is 24. The molecule has 15 atom stereocenters. The predicted octanol–water partition coefficient (Wildman–Crippen LogP) is -3.26. The van der Waals surface area contributed by atoms with Crippen LogP contribution in [0.3, 0.4) is 0 Å². The molecule has 3 aliphatic heterocycles. The van der Waals surface area contributed by atoms with Crippen LogP contribution in [-0.4, -0.2) is 312 Å². The zero-order valence-electron chi connectivity index (χ0n) is 75.2. The lowest BCUT2D eigenvalue weighted by Crippen LogP contribution is -2.61. The van der Waals surface area contributed by atoms with Gasteiger partial charge in [0.2, 0.25) is 100 Å². The number of aromatic hydroxyl groups is 1. The topological polar surface area (TPSA) is 629 Å². The number of unbranched alkanes of at least 4 members (excludes halogenated alkanes) is 2. The van der Waals surface area contributed by atoms with Gasteiger partial charge in [0.1, 0.15) is 96.9 Å². The van der Waals surface area contributed by atoms with Crippen molar-refractivity contribution in [2.75, 3.05) is 65.4 Å². The highest BCUT2D eigenvalue weighted by Gasteiger charge is 2.47. The first-order valence-corrected chi connectivity index (χ1v) is 45.1. The monoisotopic (exact) mass is 1840 g/mol. The van der Waals surface area contributed by atoms with Crippen molar-refractivity contribution in [2.45, 2.75) is 235 Å². The summed E-state index contributed by atoms with van der Waals surface area (Å²) in [4.78, 5) is 268. The molecular formula is C88H125N21O21S. The molecule has 43 heteroatoms. The van der Waals surface area contributed by atoms with Crippen molar-refractivity contribution in [3.8, 4) is 5.75 Å². The van der Waals surface area contributed by atoms with Crippen LogP contribution < -0.4 is 76.1 Å². The fourth-order valence-corrected chi connectivity index (χ4v) is 17.1. The second-order valence-electron chi connectivity index (χ2n) is 33.8. The number of aliphatic carboxylic acids is 1. The molecule has 42 nitrogen and oxygen atoms in total. The number of carboxylic acids is 1. The van der Waals surface area contributed by atoms with Crippen molar-refractivity contribution in [1.82, 2.24) is 87.2 Å². The molecule has 5 aromatic rings. The number of para-hydroxylation sites is 2. The Kier molecular flexibility index (Phi) is 38.6. The molecule has 3 aromatic carbocycles. The molecule has 0 spiro atoms. The van der Waals surface area contributed by atoms with Crippen LogP contribution in [0, 0.1) is 5.92 Å². The van der Waals surface area contributed by atoms with E-state index >= 15 is 28.8 Å². The van der Waals surface area contributed by atoms with Gasteiger partial charge in [0.15, 0.2) is 0 Å². The van der Waals surface area contributed by atoms with E-state index in [4.69, 9.17) is 22.9 Å². The van der Waals surface area contributed by atoms with E-state index < -0.39 is 241 Å². The third-order valence-corrected chi connectivity index (χ3v) is 24.5. The van der Waals surface area contributed by atoms with E-state index in [0.29, 0.717) is 64.2 Å². The number of fused-ring (bicyclic) bond motifs is 4. The predicted molar refractivity (Wildman–Crippen MR) is 481 cm³/mol. The summed E-state index contributed by atoms with van der Waals surface area (Å²) in [5, 5.41) is 58.9. The molecule has 714 valence electrons. The second kappa shape index (κ2) is 48.8. The molecule has 3 aliphatic rings. The Morgan fingerprint density at radius 3 is 1.79 bits per heavy atom. The van der Waals surface area contributed by atoms with Gasteiger partial charge < -0.3 is 125 Å². The van der Waals surface area contributed by atoms with Crippen LogP contribution in [0.5, 0.6) is 5.75 Å². The smallest absolute Gasteiger partial charge is 0.323 e. The van der Waals surface area contributed by atoms with Crippen molar-refractivity contribution in [1.29, 1.82) is 0 Å². The number of primary amides is 2. The van der Waals surface area contributed by atoms with E-state index in [9.17, 15) is 72.9 Å². The number of carbonyl (C=O) groups is 18. The first-order valence-electron chi connectivity index (χ1n) is 43.9. The molecule has 17 amide bonds. The van der Waals surface area contributed by atoms with Gasteiger partial charge in [-0.2, -0.15) is 0 Å². The summed E-state index contributed by atoms with van der Waals surface area (Å²) in [6.07, 6.45) is 1.03. The van der Waals surface area contributed by atoms with Gasteiger partial charge in [-0.1, -0.05) is 102 Å². The summed E-state index contributed by atoms with van der Waals surface area (Å²) in [6.45, 7) is 7.02. The highest BCUT2D eigenvalue weighted by molar-refractivity contribution is 8.00. The summed E-state index contributed by atoms with van der Waals surface area (Å²) < 4.78 is 1.44. The Hall–Kier alpha value is -12.8. The van der Waals surface area contributed by atoms with E-state index in [1.165, 1.54) is 70.0 Å². The standard InChI is InChI=1S/C88H125N21O21S/c1-10-12-22-67-81(123)95-48(5)75(117)103-65(77(119)94-41-72(92)113)45-131-46-73(114)96-61(34-50-26-28-53(110)29-27-50)84(126)104(7)49(6)76(118)99-63(38-71(91)112)86(128)108-32-18-25-68(108)82(124)102-64(39-90)80(122)100-60(33-47(3)4)87(129)109-43-54(111)37-70(109)83(125)98-59(35-51-40-93-57-21-16-14-19-55(51)57)79(121)97-58(30-31-89)78(120)101-62(85(127)106(9)69(23-13-11-2)88(130)105(67)8)36-52-42-107(44-74(115)116)66-24-17-15-20-56(52)66/h14-17,19-21,24,26-29,40,42,47-49,54,58-65,67-70,93,110-111H,10-13,18,22-23,25,30-39,41,43-46,89-90H2,1-9H3,(H2,91,112)(H2,92,113)(H,94,119)(H,95,123)(H,96,114)(H,97,121)(H,98,125)(H,99,118)(H,100,122)(H,101,120)(H,102,124)(H,103,117)(H,115,116)/t48-,49-,54+,58-,59-,60-,61-,62-,63-,64-,65-,67-,68-,69-,70-/m0/s1. The van der Waals surface area contributed by atoms with Crippen molar-refractivity contribution in [2.24, 2.45) is 28.9 Å². The molecule has 0 saturated carbocycles. The molecule has 0 bridgehead atoms. The first-order chi connectivity index (χ1) is 62.2. The number of hydrogen-bond donors (Lipinski definition) is 18. The maximum atomic E-state index is 15.9. The van der Waals surface area contributed by atoms with Crippen molar-refractivity contribution >= 4 is 140 Å². The van der Waals surface area contributed by atoms with Gasteiger partial charge in [-0.25, -0.2) is 0 Å². The Morgan fingerprint density at radius 2 is 1.14 bits per heavy atom. The molecule has 131 heavy (non-hydrogen) atoms. The van der Waals surface area contributed by atoms with E-state index in [1.807, 2.05) is 13.8 Å². The number of carbonyl (C=O) groups excluding carboxylic acids is 17. The highest BCUT2D eigenvalue weighted by atomic mass is 32.2. The molecule has 3 fully saturated rings. The van der Waals surface area contributed by atoms with Gasteiger partial charge in [-0.05, 0) is 106 Å². The largest absolute Gasteiger partial charge is 0.508 e. The summed E-state index contributed by atoms with van der Waals surface area (Å²) in [6, 6.07) is -2.19. The van der Waals surface area contributed by atoms with Crippen LogP contribution in [0.15, 0.2) is 85.2 Å². The average Bonchev–Trinajstić information content (AvgIpc) is 1.68. The summed E-state index contributed by atoms with van der Waals surface area (Å²) in [5.74, 6) is -18.6. The second-order valence-corrected chi connectivity index (χ2v) is 34.9. The molecule has 22 N–H and O–H groups in total. The van der Waals surface area contributed by atoms with Gasteiger partial charge in [0.05, 0.1) is 24.8 Å². The lowest BCUT2D eigenvalue weighted by Gasteiger charge is -2.36. The van der Waals surface area contributed by atoms with Crippen LogP contribution in [0.4, 0.5) is 0 Å². The minimum atomic E-state index is -1.77. The average molecular weight is 1850 g/mol. The van der Waals surface area contributed by atoms with Crippen LogP contribution in [0.25, 0.3) is 21.8 Å². The minimum Gasteiger partial charge on any atom is -0.508 e. The van der Waals surface area contributed by atoms with Crippen LogP contribution in [-0.2, 0) is 112 Å². The number of carboxylic acid groups (broad SMARTS) is 1. The van der Waals surface area contributed by atoms with Gasteiger partial charge in [0.25, 0.3) is 0 Å². The molecule has 8 rings (SSSR count). The number of H-pyrrole nitrogens is 1. The van der Waals surface area contributed by atoms with Crippen LogP contribution in [0.2, 0.25) is 0 Å². The number of aliphatic hydroxyl groups is 1. The number of amides is 17. The number of nitrogens with zero attached hydrogens (tertiary/aromatic N) is 6. The van der Waals surface area contributed by atoms with E-state index in [-0.39, 0.29) is 89.0 Å². The number of hydrogen-bond acceptors (Lipinski definition) is 23. The van der Waals surface area contributed by atoms with Crippen LogP contribution in [0.1, 0.15) is 135 Å². The number of nitrogens with two attached hydrogens (primary N) is 4. The highest BCUT2D eigenvalue weighted by Crippen LogP contribution is 2.29. The summed E-state index contributed by atoms with van der Waals surface area (Å²) in [5.41, 5.74) is 25.8. The van der Waals surface area contributed by atoms with Gasteiger partial charge >= 0.3 is 5.97 Å². The fourth-order valence-electron chi connectivity index (χ4n) is 16.2. The quantitative estimate of drug-likeness (QED) is 0.0288. The summed E-state index contributed by atoms with van der Waals surface area (Å²) in [7, 11) is 3.88. The molecule has 0 aliphatic carbocycles. The number of aromatic nitrogens is 2. The minimum absolute atomic E-state index is 0.000832. The Labute approximate surface area is 762 Å². The Bertz CT molecular complexity index is 4970. The van der Waals surface area contributed by atoms with Crippen LogP contribution >= 0.6 is 11.8 Å². The molecule has 3 saturated heterocycles. The number of phenols is 1. The molecule has 0 unspecified atom stereocenters. The maximum absolute atomic E-state index is 15.9. The van der Waals surface area contributed by atoms with Crippen molar-refractivity contribution in [3.05, 3.63) is 102 Å². The molecule has 5 heterocycles. The number of aliphatic hydroxyl groups excluding tert-OH is 1. The maximum Gasteiger partial charge on any atom is 0.323 e. The van der Waals surface area contributed by atoms with E-state index in [2.05, 4.69) is 58.2 Å². The van der Waals surface area contributed by atoms with Crippen molar-refractivity contribution < 1.29 is 102 Å². The zero-order valence-corrected chi connectivity index (χ0v) is 76.0. The normalized spacial score (nSPS) is 25.2. The number of thioether (sulfide) groups is 1. The van der Waals surface area contributed by atoms with E-state index in [0.717, 1.165) is 36.3 Å². The summed E-state index contributed by atoms with van der Waals surface area (Å²) >= 11 is 0.771. The lowest BCUT2D eigenvalue weighted by atomic mass is 9.99. The lowest BCUT2D eigenvalue weighted by molar-refractivity contribution is -0.149. The zero-order chi connectivity index (χ0) is 96.4. The number of benzene rings is 3. The Balaban J connectivity index is 1.19. The van der Waals surface area contributed by atoms with Gasteiger partial charge in [-0.3, -0.25) is 86.3 Å². The molecule has 0 radical (unpaired) electrons. The Morgan fingerprint density at radius 1 is 0.565 bits per heavy atom. The third kappa shape index (κ3) is 28.4. The van der Waals surface area contributed by atoms with Crippen molar-refractivity contribution in [3.63, 3.8) is 0 Å². The third-order valence-electron chi connectivity index (χ3n) is 23.5. The SMILES string of the molecule is CCCC[C@H]1C(=O)N(C)[C@@H](CCCC)C(=O)N[C@@H](C)C(=O)N[C@H](C(=O)NCC(N)=O)CSCC(=O)N[C@@H](Cc2ccc(O)cc2)C(=O)N(C)[C@@H](C)C(=O)N[C@@H](CC(N)=O)C(=O)N2CCC[C@H]2C(=O)N[C@@H](CN)C(=O)N[C@@H](CC(C)C)C(=O)N2C[C@H](O)C[C@H]2C(=O)N[C@@H](Cc2c[nH]c3ccccc23)C(=O)N[C@@H](CCN)C(=O)N[C@@H](Cc2cn(CC(=O)O)c3ccccc23)C(=O)N1C. The molecular weight excluding hydrogens is 1720 g/mol. The number of aromatic amines is 1. The fraction of sp³-hybridized carbons (Fsp3) is 0.545. The number of nitrogens with one attached hydrogen (secondary N) is 11. The van der Waals surface area contributed by atoms with E-state index in [1.54, 1.807) is 68.6 Å². The van der Waals surface area contributed by atoms with Gasteiger partial charge in [0, 0.05) is 106 Å². The van der Waals surface area contributed by atoms with Gasteiger partial charge in [-0.15, -0.1) is 11.8 Å².